The zero-order valence-electron chi connectivity index (χ0n) is 26.1. The van der Waals surface area contributed by atoms with Gasteiger partial charge in [0.25, 0.3) is 0 Å². The van der Waals surface area contributed by atoms with Gasteiger partial charge in [-0.25, -0.2) is 9.59 Å². The lowest BCUT2D eigenvalue weighted by molar-refractivity contribution is -0.159. The van der Waals surface area contributed by atoms with Gasteiger partial charge >= 0.3 is 12.1 Å². The number of thiol groups is 1. The Hall–Kier alpha value is -4.01. The molecule has 0 radical (unpaired) electrons. The van der Waals surface area contributed by atoms with E-state index in [1.165, 1.54) is 0 Å². The third-order valence-electron chi connectivity index (χ3n) is 6.06. The second-order valence-corrected chi connectivity index (χ2v) is 12.4. The van der Waals surface area contributed by atoms with Crippen LogP contribution in [0.1, 0.15) is 64.3 Å². The van der Waals surface area contributed by atoms with Gasteiger partial charge in [0.2, 0.25) is 11.8 Å². The van der Waals surface area contributed by atoms with Crippen LogP contribution in [0.25, 0.3) is 0 Å². The largest absolute Gasteiger partial charge is 0.458 e. The van der Waals surface area contributed by atoms with Gasteiger partial charge in [0.1, 0.15) is 29.3 Å². The van der Waals surface area contributed by atoms with E-state index in [9.17, 15) is 24.3 Å². The first kappa shape index (κ1) is 36.2. The predicted octanol–water partition coefficient (Wildman–Crippen LogP) is 3.42. The van der Waals surface area contributed by atoms with Crippen LogP contribution < -0.4 is 10.6 Å². The summed E-state index contributed by atoms with van der Waals surface area (Å²) in [6.45, 7) is 9.37. The number of carbonyl (C=O) groups excluding carboxylic acids is 4. The summed E-state index contributed by atoms with van der Waals surface area (Å²) in [5.41, 5.74) is -0.292. The molecule has 10 nitrogen and oxygen atoms in total. The molecule has 0 fully saturated rings. The molecule has 2 rings (SSSR count). The smallest absolute Gasteiger partial charge is 0.408 e. The van der Waals surface area contributed by atoms with Crippen molar-refractivity contribution >= 4 is 36.5 Å². The van der Waals surface area contributed by atoms with Crippen LogP contribution in [-0.4, -0.2) is 76.1 Å². The Labute approximate surface area is 265 Å². The van der Waals surface area contributed by atoms with Crippen LogP contribution >= 0.6 is 12.6 Å². The molecule has 2 aromatic carbocycles. The highest BCUT2D eigenvalue weighted by molar-refractivity contribution is 7.80. The molecule has 0 heterocycles. The zero-order valence-corrected chi connectivity index (χ0v) is 27.0. The first-order chi connectivity index (χ1) is 20.6. The number of alkyl carbamates (subject to hydrolysis) is 1. The van der Waals surface area contributed by atoms with Gasteiger partial charge in [-0.3, -0.25) is 9.59 Å². The Bertz CT molecular complexity index is 1330. The van der Waals surface area contributed by atoms with Crippen molar-refractivity contribution in [3.8, 4) is 12.3 Å². The number of hydrogen-bond donors (Lipinski definition) is 4. The minimum absolute atomic E-state index is 0.110. The number of nitrogens with zero attached hydrogens (tertiary/aromatic N) is 1. The molecular weight excluding hydrogens is 582 g/mol. The average molecular weight is 626 g/mol. The summed E-state index contributed by atoms with van der Waals surface area (Å²) >= 11 is 4.25. The molecule has 3 atom stereocenters. The normalized spacial score (nSPS) is 13.4. The van der Waals surface area contributed by atoms with E-state index in [0.717, 1.165) is 10.5 Å². The monoisotopic (exact) mass is 625 g/mol. The van der Waals surface area contributed by atoms with Crippen molar-refractivity contribution in [2.45, 2.75) is 77.3 Å². The van der Waals surface area contributed by atoms with Crippen LogP contribution in [0.15, 0.2) is 54.6 Å². The maximum absolute atomic E-state index is 14.2. The Balaban J connectivity index is 2.58. The molecule has 44 heavy (non-hydrogen) atoms. The lowest BCUT2D eigenvalue weighted by Gasteiger charge is -2.35. The number of nitrogens with one attached hydrogen (secondary N) is 2. The third kappa shape index (κ3) is 11.2. The van der Waals surface area contributed by atoms with Gasteiger partial charge in [0, 0.05) is 24.3 Å². The van der Waals surface area contributed by atoms with Gasteiger partial charge < -0.3 is 30.1 Å². The van der Waals surface area contributed by atoms with E-state index in [-0.39, 0.29) is 24.3 Å². The van der Waals surface area contributed by atoms with Gasteiger partial charge in [0.15, 0.2) is 0 Å². The topological polar surface area (TPSA) is 134 Å². The average Bonchev–Trinajstić information content (AvgIpc) is 2.94. The SMILES string of the molecule is C#Cc1ccccc1C(C(=O)NC(Cc1ccccc1)C(=O)OC(C)(C)C)N(CCO)C(=O)C(CS)NC(=O)OC(C)(C)C. The minimum atomic E-state index is -1.40. The fraction of sp³-hybridized carbons (Fsp3) is 0.455. The van der Waals surface area contributed by atoms with Crippen LogP contribution in [0.3, 0.4) is 0 Å². The molecule has 0 saturated carbocycles. The maximum atomic E-state index is 14.2. The predicted molar refractivity (Wildman–Crippen MR) is 171 cm³/mol. The number of hydrogen-bond acceptors (Lipinski definition) is 8. The highest BCUT2D eigenvalue weighted by Crippen LogP contribution is 2.26. The molecule has 238 valence electrons. The Morgan fingerprint density at radius 2 is 1.50 bits per heavy atom. The molecule has 3 unspecified atom stereocenters. The number of carbonyl (C=O) groups is 4. The Morgan fingerprint density at radius 1 is 0.909 bits per heavy atom. The molecule has 2 aromatic rings. The van der Waals surface area contributed by atoms with Crippen molar-refractivity contribution < 1.29 is 33.8 Å². The number of esters is 1. The van der Waals surface area contributed by atoms with E-state index in [2.05, 4.69) is 29.2 Å². The zero-order chi connectivity index (χ0) is 33.1. The number of rotatable bonds is 12. The van der Waals surface area contributed by atoms with Crippen LogP contribution in [-0.2, 0) is 30.3 Å². The van der Waals surface area contributed by atoms with E-state index >= 15 is 0 Å². The quantitative estimate of drug-likeness (QED) is 0.161. The lowest BCUT2D eigenvalue weighted by atomic mass is 9.96. The fourth-order valence-electron chi connectivity index (χ4n) is 4.29. The minimum Gasteiger partial charge on any atom is -0.458 e. The van der Waals surface area contributed by atoms with Crippen molar-refractivity contribution in [2.24, 2.45) is 0 Å². The molecule has 0 aromatic heterocycles. The molecule has 0 spiro atoms. The summed E-state index contributed by atoms with van der Waals surface area (Å²) in [5, 5.41) is 15.3. The molecule has 0 saturated heterocycles. The second-order valence-electron chi connectivity index (χ2n) is 12.1. The molecular formula is C33H43N3O7S. The van der Waals surface area contributed by atoms with Crippen LogP contribution in [0.4, 0.5) is 4.79 Å². The summed E-state index contributed by atoms with van der Waals surface area (Å²) < 4.78 is 10.9. The van der Waals surface area contributed by atoms with Gasteiger partial charge in [-0.1, -0.05) is 54.5 Å². The number of terminal acetylenes is 1. The Morgan fingerprint density at radius 3 is 2.05 bits per heavy atom. The first-order valence-corrected chi connectivity index (χ1v) is 14.9. The van der Waals surface area contributed by atoms with Gasteiger partial charge in [-0.05, 0) is 58.7 Å². The van der Waals surface area contributed by atoms with Crippen LogP contribution in [0, 0.1) is 12.3 Å². The number of aliphatic hydroxyl groups is 1. The standard InChI is InChI=1S/C33H43N3O7S/c1-8-23-16-12-13-17-24(23)27(36(18-19-37)29(39)26(21-44)35-31(41)43-33(5,6)7)28(38)34-25(30(40)42-32(2,3)4)20-22-14-10-9-11-15-22/h1,9-17,25-27,37,44H,18-21H2,2-7H3,(H,34,38)(H,35,41). The molecule has 11 heteroatoms. The van der Waals surface area contributed by atoms with Gasteiger partial charge in [-0.2, -0.15) is 12.6 Å². The number of amides is 3. The summed E-state index contributed by atoms with van der Waals surface area (Å²) in [4.78, 5) is 55.2. The molecule has 0 aliphatic rings. The summed E-state index contributed by atoms with van der Waals surface area (Å²) in [6, 6.07) is 11.9. The highest BCUT2D eigenvalue weighted by Gasteiger charge is 2.38. The first-order valence-electron chi connectivity index (χ1n) is 14.2. The van der Waals surface area contributed by atoms with Crippen molar-refractivity contribution in [1.29, 1.82) is 0 Å². The van der Waals surface area contributed by atoms with Crippen molar-refractivity contribution in [3.63, 3.8) is 0 Å². The molecule has 3 N–H and O–H groups in total. The molecule has 0 aliphatic carbocycles. The van der Waals surface area contributed by atoms with Gasteiger partial charge in [0.05, 0.1) is 6.61 Å². The fourth-order valence-corrected chi connectivity index (χ4v) is 4.54. The van der Waals surface area contributed by atoms with Gasteiger partial charge in [-0.15, -0.1) is 6.42 Å². The third-order valence-corrected chi connectivity index (χ3v) is 6.42. The van der Waals surface area contributed by atoms with Crippen molar-refractivity contribution in [3.05, 3.63) is 71.3 Å². The van der Waals surface area contributed by atoms with E-state index in [1.54, 1.807) is 65.8 Å². The number of ether oxygens (including phenoxy) is 2. The number of aliphatic hydroxyl groups excluding tert-OH is 1. The van der Waals surface area contributed by atoms with Crippen molar-refractivity contribution in [1.82, 2.24) is 15.5 Å². The van der Waals surface area contributed by atoms with Crippen LogP contribution in [0.5, 0.6) is 0 Å². The van der Waals surface area contributed by atoms with E-state index < -0.39 is 59.8 Å². The van der Waals surface area contributed by atoms with E-state index in [0.29, 0.717) is 5.56 Å². The van der Waals surface area contributed by atoms with Crippen LogP contribution in [0.2, 0.25) is 0 Å². The lowest BCUT2D eigenvalue weighted by Crippen LogP contribution is -2.56. The summed E-state index contributed by atoms with van der Waals surface area (Å²) in [6.07, 6.45) is 5.03. The highest BCUT2D eigenvalue weighted by atomic mass is 32.1. The second kappa shape index (κ2) is 16.2. The molecule has 0 aliphatic heterocycles. The van der Waals surface area contributed by atoms with Crippen molar-refractivity contribution in [2.75, 3.05) is 18.9 Å². The Kier molecular flexibility index (Phi) is 13.3. The summed E-state index contributed by atoms with van der Waals surface area (Å²) in [5.74, 6) is 0.273. The summed E-state index contributed by atoms with van der Waals surface area (Å²) in [7, 11) is 0. The number of benzene rings is 2. The van der Waals surface area contributed by atoms with E-state index in [1.807, 2.05) is 30.3 Å². The molecule has 0 bridgehead atoms. The molecule has 3 amide bonds. The van der Waals surface area contributed by atoms with E-state index in [4.69, 9.17) is 15.9 Å². The maximum Gasteiger partial charge on any atom is 0.408 e.